The molecule has 1 saturated carbocycles. The van der Waals surface area contributed by atoms with Crippen LogP contribution < -0.4 is 4.90 Å². The van der Waals surface area contributed by atoms with Crippen LogP contribution in [0.4, 0.5) is 5.69 Å². The van der Waals surface area contributed by atoms with E-state index in [0.717, 1.165) is 25.7 Å². The molecular formula is C17H19ClN2O3. The van der Waals surface area contributed by atoms with Crippen LogP contribution >= 0.6 is 11.6 Å². The van der Waals surface area contributed by atoms with E-state index in [9.17, 15) is 14.4 Å². The number of carbonyl (C=O) groups excluding carboxylic acids is 3. The first-order valence-electron chi connectivity index (χ1n) is 7.90. The molecule has 0 bridgehead atoms. The van der Waals surface area contributed by atoms with Gasteiger partial charge in [0.15, 0.2) is 0 Å². The lowest BCUT2D eigenvalue weighted by atomic mass is 10.1. The Morgan fingerprint density at radius 2 is 1.78 bits per heavy atom. The number of benzene rings is 1. The summed E-state index contributed by atoms with van der Waals surface area (Å²) in [5, 5.41) is 0.542. The topological polar surface area (TPSA) is 57.7 Å². The van der Waals surface area contributed by atoms with Crippen molar-refractivity contribution in [2.45, 2.75) is 51.1 Å². The summed E-state index contributed by atoms with van der Waals surface area (Å²) in [6, 6.07) is 5.97. The number of halogens is 1. The average Bonchev–Trinajstić information content (AvgIpc) is 3.11. The van der Waals surface area contributed by atoms with Gasteiger partial charge in [-0.1, -0.05) is 24.4 Å². The molecule has 1 aliphatic heterocycles. The molecule has 0 unspecified atom stereocenters. The van der Waals surface area contributed by atoms with Crippen LogP contribution in [-0.4, -0.2) is 34.7 Å². The molecule has 0 radical (unpaired) electrons. The Morgan fingerprint density at radius 1 is 1.17 bits per heavy atom. The predicted octanol–water partition coefficient (Wildman–Crippen LogP) is 2.76. The predicted molar refractivity (Wildman–Crippen MR) is 87.1 cm³/mol. The van der Waals surface area contributed by atoms with Gasteiger partial charge in [-0.25, -0.2) is 4.90 Å². The number of anilines is 1. The largest absolute Gasteiger partial charge is 0.327 e. The van der Waals surface area contributed by atoms with Gasteiger partial charge >= 0.3 is 0 Å². The molecule has 23 heavy (non-hydrogen) atoms. The fraction of sp³-hybridized carbons (Fsp3) is 0.471. The van der Waals surface area contributed by atoms with Crippen LogP contribution in [0, 0.1) is 0 Å². The van der Waals surface area contributed by atoms with Crippen LogP contribution in [0.15, 0.2) is 24.3 Å². The van der Waals surface area contributed by atoms with Crippen molar-refractivity contribution in [1.82, 2.24) is 4.90 Å². The van der Waals surface area contributed by atoms with Gasteiger partial charge in [0.2, 0.25) is 11.8 Å². The lowest BCUT2D eigenvalue weighted by Gasteiger charge is -2.32. The van der Waals surface area contributed by atoms with Crippen molar-refractivity contribution in [3.8, 4) is 0 Å². The maximum Gasteiger partial charge on any atom is 0.257 e. The van der Waals surface area contributed by atoms with Crippen molar-refractivity contribution in [2.24, 2.45) is 0 Å². The van der Waals surface area contributed by atoms with Gasteiger partial charge in [0.1, 0.15) is 6.04 Å². The van der Waals surface area contributed by atoms with Gasteiger partial charge in [-0.05, 0) is 37.1 Å². The molecule has 0 aromatic heterocycles. The fourth-order valence-electron chi connectivity index (χ4n) is 3.61. The Labute approximate surface area is 140 Å². The number of imide groups is 1. The van der Waals surface area contributed by atoms with E-state index < -0.39 is 6.04 Å². The summed E-state index contributed by atoms with van der Waals surface area (Å²) in [5.41, 5.74) is 0.502. The molecule has 2 fully saturated rings. The Balaban J connectivity index is 1.87. The summed E-state index contributed by atoms with van der Waals surface area (Å²) in [6.07, 6.45) is 3.98. The van der Waals surface area contributed by atoms with Crippen LogP contribution in [0.1, 0.15) is 39.0 Å². The van der Waals surface area contributed by atoms with E-state index in [4.69, 9.17) is 11.6 Å². The number of hydrogen-bond acceptors (Lipinski definition) is 3. The quantitative estimate of drug-likeness (QED) is 0.799. The van der Waals surface area contributed by atoms with Gasteiger partial charge in [0.25, 0.3) is 5.91 Å². The lowest BCUT2D eigenvalue weighted by Crippen LogP contribution is -2.49. The summed E-state index contributed by atoms with van der Waals surface area (Å²) in [4.78, 5) is 40.0. The van der Waals surface area contributed by atoms with Crippen molar-refractivity contribution < 1.29 is 14.4 Å². The molecule has 1 atom stereocenters. The highest BCUT2D eigenvalue weighted by molar-refractivity contribution is 6.30. The van der Waals surface area contributed by atoms with E-state index in [1.54, 1.807) is 29.2 Å². The van der Waals surface area contributed by atoms with E-state index in [0.29, 0.717) is 10.7 Å². The van der Waals surface area contributed by atoms with Gasteiger partial charge in [-0.15, -0.1) is 0 Å². The molecule has 5 nitrogen and oxygen atoms in total. The molecule has 122 valence electrons. The van der Waals surface area contributed by atoms with Crippen LogP contribution in [0.3, 0.4) is 0 Å². The number of carbonyl (C=O) groups is 3. The van der Waals surface area contributed by atoms with Gasteiger partial charge in [0.05, 0.1) is 12.1 Å². The molecule has 1 heterocycles. The van der Waals surface area contributed by atoms with E-state index in [2.05, 4.69) is 0 Å². The smallest absolute Gasteiger partial charge is 0.257 e. The molecular weight excluding hydrogens is 316 g/mol. The molecule has 3 amide bonds. The highest BCUT2D eigenvalue weighted by atomic mass is 35.5. The second-order valence-electron chi connectivity index (χ2n) is 6.13. The van der Waals surface area contributed by atoms with Gasteiger partial charge in [0, 0.05) is 18.0 Å². The van der Waals surface area contributed by atoms with Crippen molar-refractivity contribution in [2.75, 3.05) is 4.90 Å². The molecule has 0 spiro atoms. The normalized spacial score (nSPS) is 22.0. The minimum atomic E-state index is -0.682. The van der Waals surface area contributed by atoms with E-state index in [1.807, 2.05) is 0 Å². The second-order valence-corrected chi connectivity index (χ2v) is 6.56. The number of hydrogen-bond donors (Lipinski definition) is 0. The van der Waals surface area contributed by atoms with Gasteiger partial charge in [-0.3, -0.25) is 14.4 Å². The molecule has 6 heteroatoms. The maximum atomic E-state index is 12.8. The first kappa shape index (κ1) is 16.0. The van der Waals surface area contributed by atoms with Gasteiger partial charge in [-0.2, -0.15) is 0 Å². The third-order valence-electron chi connectivity index (χ3n) is 4.63. The minimum Gasteiger partial charge on any atom is -0.327 e. The fourth-order valence-corrected chi connectivity index (χ4v) is 3.73. The first-order valence-corrected chi connectivity index (χ1v) is 8.28. The molecule has 2 aliphatic rings. The Morgan fingerprint density at radius 3 is 2.35 bits per heavy atom. The van der Waals surface area contributed by atoms with E-state index in [1.165, 1.54) is 11.8 Å². The average molecular weight is 335 g/mol. The molecule has 1 aromatic carbocycles. The molecule has 1 aromatic rings. The highest BCUT2D eigenvalue weighted by Crippen LogP contribution is 2.31. The Hall–Kier alpha value is -1.88. The van der Waals surface area contributed by atoms with E-state index >= 15 is 0 Å². The van der Waals surface area contributed by atoms with Crippen molar-refractivity contribution in [1.29, 1.82) is 0 Å². The number of rotatable bonds is 3. The van der Waals surface area contributed by atoms with E-state index in [-0.39, 0.29) is 30.2 Å². The monoisotopic (exact) mass is 334 g/mol. The highest BCUT2D eigenvalue weighted by Gasteiger charge is 2.45. The lowest BCUT2D eigenvalue weighted by molar-refractivity contribution is -0.139. The van der Waals surface area contributed by atoms with Crippen molar-refractivity contribution in [3.63, 3.8) is 0 Å². The summed E-state index contributed by atoms with van der Waals surface area (Å²) >= 11 is 5.86. The molecule has 1 aliphatic carbocycles. The SMILES string of the molecule is CC(=O)N(C1CCCC1)[C@H]1CC(=O)N(c2ccc(Cl)cc2)C1=O. The van der Waals surface area contributed by atoms with Crippen LogP contribution in [-0.2, 0) is 14.4 Å². The summed E-state index contributed by atoms with van der Waals surface area (Å²) in [7, 11) is 0. The summed E-state index contributed by atoms with van der Waals surface area (Å²) in [6.45, 7) is 1.47. The van der Waals surface area contributed by atoms with Crippen LogP contribution in [0.5, 0.6) is 0 Å². The van der Waals surface area contributed by atoms with Crippen LogP contribution in [0.25, 0.3) is 0 Å². The summed E-state index contributed by atoms with van der Waals surface area (Å²) < 4.78 is 0. The third kappa shape index (κ3) is 2.98. The Kier molecular flexibility index (Phi) is 4.39. The third-order valence-corrected chi connectivity index (χ3v) is 4.88. The minimum absolute atomic E-state index is 0.0531. The zero-order chi connectivity index (χ0) is 16.6. The standard InChI is InChI=1S/C17H19ClN2O3/c1-11(21)19(13-4-2-3-5-13)15-10-16(22)20(17(15)23)14-8-6-12(18)7-9-14/h6-9,13,15H,2-5,10H2,1H3/t15-/m0/s1. The number of amides is 3. The Bertz CT molecular complexity index is 638. The molecule has 1 saturated heterocycles. The summed E-state index contributed by atoms with van der Waals surface area (Å²) in [5.74, 6) is -0.730. The molecule has 0 N–H and O–H groups in total. The zero-order valence-electron chi connectivity index (χ0n) is 13.0. The van der Waals surface area contributed by atoms with Crippen LogP contribution in [0.2, 0.25) is 5.02 Å². The zero-order valence-corrected chi connectivity index (χ0v) is 13.8. The molecule has 3 rings (SSSR count). The maximum absolute atomic E-state index is 12.8. The number of nitrogens with zero attached hydrogens (tertiary/aromatic N) is 2. The van der Waals surface area contributed by atoms with Crippen molar-refractivity contribution >= 4 is 35.0 Å². The van der Waals surface area contributed by atoms with Crippen molar-refractivity contribution in [3.05, 3.63) is 29.3 Å². The second kappa shape index (κ2) is 6.32. The first-order chi connectivity index (χ1) is 11.0. The van der Waals surface area contributed by atoms with Gasteiger partial charge < -0.3 is 4.90 Å².